The molecule has 9 heteroatoms. The van der Waals surface area contributed by atoms with Crippen LogP contribution in [0.5, 0.6) is 11.5 Å². The smallest absolute Gasteiger partial charge is 0.332 e. The fourth-order valence-electron chi connectivity index (χ4n) is 1.80. The summed E-state index contributed by atoms with van der Waals surface area (Å²) in [7, 11) is 0. The molecule has 0 atom stereocenters. The molecule has 3 N–H and O–H groups in total. The minimum absolute atomic E-state index is 0.0123. The van der Waals surface area contributed by atoms with E-state index in [0.29, 0.717) is 24.7 Å². The van der Waals surface area contributed by atoms with Crippen LogP contribution in [-0.4, -0.2) is 30.4 Å². The van der Waals surface area contributed by atoms with Gasteiger partial charge in [-0.25, -0.2) is 10.2 Å². The van der Waals surface area contributed by atoms with E-state index in [-0.39, 0.29) is 5.69 Å². The summed E-state index contributed by atoms with van der Waals surface area (Å²) in [6, 6.07) is 12.1. The lowest BCUT2D eigenvalue weighted by Gasteiger charge is -2.08. The van der Waals surface area contributed by atoms with E-state index in [1.807, 2.05) is 0 Å². The standard InChI is InChI=1S/C16H16N4O5/c17-16(21)19-18-11-12-1-5-14(6-2-12)24-9-10-25-15-7-3-13(4-8-15)20(22)23/h1-8,11H,9-10H2,(H3,17,19,21)/b18-11-. The van der Waals surface area contributed by atoms with E-state index in [1.54, 1.807) is 24.3 Å². The number of amides is 2. The number of hydrogen-bond acceptors (Lipinski definition) is 6. The van der Waals surface area contributed by atoms with Crippen LogP contribution >= 0.6 is 0 Å². The highest BCUT2D eigenvalue weighted by Gasteiger charge is 2.04. The average Bonchev–Trinajstić information content (AvgIpc) is 2.60. The number of non-ortho nitro benzene ring substituents is 1. The minimum Gasteiger partial charge on any atom is -0.490 e. The van der Waals surface area contributed by atoms with Gasteiger partial charge in [0.2, 0.25) is 0 Å². The molecule has 130 valence electrons. The van der Waals surface area contributed by atoms with Crippen molar-refractivity contribution in [2.45, 2.75) is 0 Å². The molecule has 0 spiro atoms. The van der Waals surface area contributed by atoms with Gasteiger partial charge in [0.15, 0.2) is 0 Å². The maximum absolute atomic E-state index is 10.6. The summed E-state index contributed by atoms with van der Waals surface area (Å²) >= 11 is 0. The number of nitrogens with one attached hydrogen (secondary N) is 1. The minimum atomic E-state index is -0.732. The van der Waals surface area contributed by atoms with Gasteiger partial charge in [-0.15, -0.1) is 0 Å². The predicted molar refractivity (Wildman–Crippen MR) is 90.8 cm³/mol. The van der Waals surface area contributed by atoms with E-state index in [9.17, 15) is 14.9 Å². The Kier molecular flexibility index (Phi) is 6.29. The van der Waals surface area contributed by atoms with Gasteiger partial charge < -0.3 is 15.2 Å². The number of ether oxygens (including phenoxy) is 2. The monoisotopic (exact) mass is 344 g/mol. The van der Waals surface area contributed by atoms with Gasteiger partial charge in [0.1, 0.15) is 24.7 Å². The molecule has 2 rings (SSSR count). The summed E-state index contributed by atoms with van der Waals surface area (Å²) in [4.78, 5) is 20.6. The molecule has 0 unspecified atom stereocenters. The lowest BCUT2D eigenvalue weighted by Crippen LogP contribution is -2.24. The number of nitro groups is 1. The lowest BCUT2D eigenvalue weighted by molar-refractivity contribution is -0.384. The summed E-state index contributed by atoms with van der Waals surface area (Å²) in [5.41, 5.74) is 7.76. The fourth-order valence-corrected chi connectivity index (χ4v) is 1.80. The van der Waals surface area contributed by atoms with Crippen molar-refractivity contribution in [2.24, 2.45) is 10.8 Å². The van der Waals surface area contributed by atoms with Crippen LogP contribution in [0.3, 0.4) is 0 Å². The first-order valence-electron chi connectivity index (χ1n) is 7.23. The molecular formula is C16H16N4O5. The number of nitrogens with zero attached hydrogens (tertiary/aromatic N) is 2. The van der Waals surface area contributed by atoms with Gasteiger partial charge in [-0.05, 0) is 42.0 Å². The molecule has 2 aromatic rings. The highest BCUT2D eigenvalue weighted by molar-refractivity contribution is 5.81. The van der Waals surface area contributed by atoms with E-state index in [1.165, 1.54) is 30.5 Å². The zero-order valence-electron chi connectivity index (χ0n) is 13.1. The molecule has 0 aliphatic rings. The zero-order chi connectivity index (χ0) is 18.1. The van der Waals surface area contributed by atoms with Crippen molar-refractivity contribution in [3.63, 3.8) is 0 Å². The van der Waals surface area contributed by atoms with Gasteiger partial charge in [-0.3, -0.25) is 10.1 Å². The molecule has 0 radical (unpaired) electrons. The summed E-state index contributed by atoms with van der Waals surface area (Å²) in [5, 5.41) is 14.2. The number of nitro benzene ring substituents is 1. The van der Waals surface area contributed by atoms with Gasteiger partial charge >= 0.3 is 6.03 Å². The molecule has 25 heavy (non-hydrogen) atoms. The lowest BCUT2D eigenvalue weighted by atomic mass is 10.2. The van der Waals surface area contributed by atoms with Gasteiger partial charge in [0, 0.05) is 12.1 Å². The van der Waals surface area contributed by atoms with E-state index >= 15 is 0 Å². The van der Waals surface area contributed by atoms with E-state index < -0.39 is 11.0 Å². The number of benzene rings is 2. The van der Waals surface area contributed by atoms with Gasteiger partial charge in [0.05, 0.1) is 11.1 Å². The van der Waals surface area contributed by atoms with Crippen LogP contribution < -0.4 is 20.6 Å². The molecule has 0 saturated heterocycles. The van der Waals surface area contributed by atoms with Crippen molar-refractivity contribution < 1.29 is 19.2 Å². The van der Waals surface area contributed by atoms with Crippen LogP contribution in [0.25, 0.3) is 0 Å². The van der Waals surface area contributed by atoms with Gasteiger partial charge in [-0.2, -0.15) is 5.10 Å². The number of hydrogen-bond donors (Lipinski definition) is 2. The number of hydrazone groups is 1. The first-order chi connectivity index (χ1) is 12.0. The Morgan fingerprint density at radius 2 is 1.60 bits per heavy atom. The van der Waals surface area contributed by atoms with Crippen LogP contribution in [0, 0.1) is 10.1 Å². The largest absolute Gasteiger partial charge is 0.490 e. The van der Waals surface area contributed by atoms with Crippen molar-refractivity contribution in [1.82, 2.24) is 5.43 Å². The highest BCUT2D eigenvalue weighted by Crippen LogP contribution is 2.17. The summed E-state index contributed by atoms with van der Waals surface area (Å²) in [5.74, 6) is 1.18. The summed E-state index contributed by atoms with van der Waals surface area (Å²) < 4.78 is 11.0. The third-order valence-corrected chi connectivity index (χ3v) is 2.94. The maximum Gasteiger partial charge on any atom is 0.332 e. The van der Waals surface area contributed by atoms with Crippen LogP contribution in [0.2, 0.25) is 0 Å². The Hall–Kier alpha value is -3.62. The highest BCUT2D eigenvalue weighted by atomic mass is 16.6. The van der Waals surface area contributed by atoms with Gasteiger partial charge in [-0.1, -0.05) is 0 Å². The van der Waals surface area contributed by atoms with Gasteiger partial charge in [0.25, 0.3) is 5.69 Å². The zero-order valence-corrected chi connectivity index (χ0v) is 13.1. The quantitative estimate of drug-likeness (QED) is 0.328. The number of urea groups is 1. The molecule has 0 aliphatic carbocycles. The number of nitrogens with two attached hydrogens (primary N) is 1. The van der Waals surface area contributed by atoms with E-state index in [4.69, 9.17) is 15.2 Å². The second-order valence-corrected chi connectivity index (χ2v) is 4.75. The van der Waals surface area contributed by atoms with Crippen molar-refractivity contribution in [1.29, 1.82) is 0 Å². The molecule has 0 aromatic heterocycles. The first-order valence-corrected chi connectivity index (χ1v) is 7.23. The van der Waals surface area contributed by atoms with Crippen molar-refractivity contribution in [3.8, 4) is 11.5 Å². The van der Waals surface area contributed by atoms with Crippen molar-refractivity contribution in [2.75, 3.05) is 13.2 Å². The molecule has 2 aromatic carbocycles. The Balaban J connectivity index is 1.73. The Morgan fingerprint density at radius 1 is 1.08 bits per heavy atom. The number of carbonyl (C=O) groups excluding carboxylic acids is 1. The molecule has 0 aliphatic heterocycles. The normalized spacial score (nSPS) is 10.4. The third-order valence-electron chi connectivity index (χ3n) is 2.94. The SMILES string of the molecule is NC(=O)N/N=C\c1ccc(OCCOc2ccc([N+](=O)[O-])cc2)cc1. The summed E-state index contributed by atoms with van der Waals surface area (Å²) in [6.07, 6.45) is 1.45. The number of carbonyl (C=O) groups is 1. The topological polar surface area (TPSA) is 129 Å². The fraction of sp³-hybridized carbons (Fsp3) is 0.125. The van der Waals surface area contributed by atoms with Crippen LogP contribution in [-0.2, 0) is 0 Å². The molecule has 0 bridgehead atoms. The van der Waals surface area contributed by atoms with Crippen LogP contribution in [0.15, 0.2) is 53.6 Å². The molecule has 0 heterocycles. The summed E-state index contributed by atoms with van der Waals surface area (Å²) in [6.45, 7) is 0.608. The second kappa shape index (κ2) is 8.87. The molecular weight excluding hydrogens is 328 g/mol. The number of rotatable bonds is 8. The molecule has 0 saturated carbocycles. The second-order valence-electron chi connectivity index (χ2n) is 4.75. The Bertz CT molecular complexity index is 744. The first kappa shape index (κ1) is 17.7. The predicted octanol–water partition coefficient (Wildman–Crippen LogP) is 2.05. The van der Waals surface area contributed by atoms with E-state index in [2.05, 4.69) is 10.5 Å². The van der Waals surface area contributed by atoms with E-state index in [0.717, 1.165) is 5.56 Å². The van der Waals surface area contributed by atoms with Crippen molar-refractivity contribution >= 4 is 17.9 Å². The maximum atomic E-state index is 10.6. The molecule has 2 amide bonds. The van der Waals surface area contributed by atoms with Crippen LogP contribution in [0.1, 0.15) is 5.56 Å². The van der Waals surface area contributed by atoms with Crippen molar-refractivity contribution in [3.05, 3.63) is 64.2 Å². The Labute approximate surface area is 143 Å². The molecule has 9 nitrogen and oxygen atoms in total. The molecule has 0 fully saturated rings. The average molecular weight is 344 g/mol. The Morgan fingerprint density at radius 3 is 2.08 bits per heavy atom. The van der Waals surface area contributed by atoms with Crippen LogP contribution in [0.4, 0.5) is 10.5 Å². The number of primary amides is 1. The third kappa shape index (κ3) is 6.18.